The molecule has 1 atom stereocenters. The molecule has 0 saturated carbocycles. The number of anilines is 1. The summed E-state index contributed by atoms with van der Waals surface area (Å²) in [7, 11) is 0. The second-order valence-corrected chi connectivity index (χ2v) is 4.94. The van der Waals surface area contributed by atoms with Crippen molar-refractivity contribution in [2.45, 2.75) is 25.6 Å². The summed E-state index contributed by atoms with van der Waals surface area (Å²) in [5.74, 6) is -0.635. The highest BCUT2D eigenvalue weighted by Crippen LogP contribution is 2.22. The van der Waals surface area contributed by atoms with Gasteiger partial charge in [-0.2, -0.15) is 13.2 Å². The van der Waals surface area contributed by atoms with Crippen LogP contribution in [0.25, 0.3) is 0 Å². The molecule has 3 N–H and O–H groups in total. The van der Waals surface area contributed by atoms with Crippen LogP contribution in [-0.2, 0) is 11.3 Å². The standard InChI is InChI=1S/C11H16F3N5O2/c12-11(13,14)6-19-3-1-2-7(5-19)9(20)16-4-8-17-18-10(15)21-8/h7H,1-6H2,(H2,15,18)(H,16,20). The van der Waals surface area contributed by atoms with Gasteiger partial charge in [0.2, 0.25) is 11.8 Å². The van der Waals surface area contributed by atoms with Gasteiger partial charge in [-0.15, -0.1) is 5.10 Å². The molecule has 118 valence electrons. The van der Waals surface area contributed by atoms with Crippen LogP contribution in [0.5, 0.6) is 0 Å². The fourth-order valence-electron chi connectivity index (χ4n) is 2.31. The van der Waals surface area contributed by atoms with Gasteiger partial charge in [-0.25, -0.2) is 0 Å². The lowest BCUT2D eigenvalue weighted by atomic mass is 9.97. The first-order valence-corrected chi connectivity index (χ1v) is 6.48. The first-order chi connectivity index (χ1) is 9.83. The van der Waals surface area contributed by atoms with Gasteiger partial charge in [-0.05, 0) is 19.4 Å². The molecule has 1 unspecified atom stereocenters. The Morgan fingerprint density at radius 1 is 1.48 bits per heavy atom. The van der Waals surface area contributed by atoms with E-state index in [-0.39, 0.29) is 30.9 Å². The summed E-state index contributed by atoms with van der Waals surface area (Å²) in [6.45, 7) is -0.531. The smallest absolute Gasteiger partial charge is 0.401 e. The van der Waals surface area contributed by atoms with Crippen LogP contribution in [0.3, 0.4) is 0 Å². The van der Waals surface area contributed by atoms with Crippen molar-refractivity contribution in [3.8, 4) is 0 Å². The van der Waals surface area contributed by atoms with Crippen molar-refractivity contribution in [2.75, 3.05) is 25.4 Å². The molecule has 0 aliphatic carbocycles. The van der Waals surface area contributed by atoms with Crippen LogP contribution in [0.1, 0.15) is 18.7 Å². The normalized spacial score (nSPS) is 20.4. The van der Waals surface area contributed by atoms with E-state index in [1.54, 1.807) is 0 Å². The number of alkyl halides is 3. The number of nitrogen functional groups attached to an aromatic ring is 1. The second kappa shape index (κ2) is 6.29. The van der Waals surface area contributed by atoms with Crippen molar-refractivity contribution < 1.29 is 22.4 Å². The lowest BCUT2D eigenvalue weighted by Crippen LogP contribution is -2.45. The third-order valence-electron chi connectivity index (χ3n) is 3.18. The van der Waals surface area contributed by atoms with Gasteiger partial charge in [0.25, 0.3) is 0 Å². The number of nitrogens with one attached hydrogen (secondary N) is 1. The van der Waals surface area contributed by atoms with E-state index >= 15 is 0 Å². The van der Waals surface area contributed by atoms with Crippen LogP contribution in [0.2, 0.25) is 0 Å². The Labute approximate surface area is 118 Å². The van der Waals surface area contributed by atoms with Crippen molar-refractivity contribution >= 4 is 11.9 Å². The van der Waals surface area contributed by atoms with E-state index < -0.39 is 18.6 Å². The molecule has 1 aliphatic heterocycles. The van der Waals surface area contributed by atoms with E-state index in [0.717, 1.165) is 0 Å². The third-order valence-corrected chi connectivity index (χ3v) is 3.18. The largest absolute Gasteiger partial charge is 0.406 e. The van der Waals surface area contributed by atoms with Crippen LogP contribution >= 0.6 is 0 Å². The molecule has 1 amide bonds. The average Bonchev–Trinajstić information content (AvgIpc) is 2.80. The minimum absolute atomic E-state index is 0.0127. The highest BCUT2D eigenvalue weighted by Gasteiger charge is 2.34. The van der Waals surface area contributed by atoms with E-state index in [2.05, 4.69) is 15.5 Å². The molecule has 7 nitrogen and oxygen atoms in total. The minimum atomic E-state index is -4.25. The van der Waals surface area contributed by atoms with Crippen LogP contribution in [0.4, 0.5) is 19.2 Å². The first-order valence-electron chi connectivity index (χ1n) is 6.48. The summed E-state index contributed by atoms with van der Waals surface area (Å²) in [4.78, 5) is 13.2. The number of piperidine rings is 1. The number of carbonyl (C=O) groups excluding carboxylic acids is 1. The highest BCUT2D eigenvalue weighted by atomic mass is 19.4. The van der Waals surface area contributed by atoms with Gasteiger partial charge in [0.1, 0.15) is 0 Å². The summed E-state index contributed by atoms with van der Waals surface area (Å²) in [5.41, 5.74) is 5.24. The van der Waals surface area contributed by atoms with E-state index in [1.807, 2.05) is 0 Å². The number of hydrogen-bond acceptors (Lipinski definition) is 6. The number of amides is 1. The number of halogens is 3. The maximum atomic E-state index is 12.4. The maximum Gasteiger partial charge on any atom is 0.401 e. The van der Waals surface area contributed by atoms with Crippen molar-refractivity contribution in [1.29, 1.82) is 0 Å². The Hall–Kier alpha value is -1.84. The zero-order valence-electron chi connectivity index (χ0n) is 11.2. The highest BCUT2D eigenvalue weighted by molar-refractivity contribution is 5.78. The van der Waals surface area contributed by atoms with Crippen LogP contribution in [-0.4, -0.2) is 46.8 Å². The molecule has 2 rings (SSSR count). The quantitative estimate of drug-likeness (QED) is 0.843. The van der Waals surface area contributed by atoms with Gasteiger partial charge in [-0.3, -0.25) is 9.69 Å². The summed E-state index contributed by atoms with van der Waals surface area (Å²) >= 11 is 0. The number of aromatic nitrogens is 2. The molecule has 1 aromatic heterocycles. The van der Waals surface area contributed by atoms with Gasteiger partial charge >= 0.3 is 12.2 Å². The molecule has 2 heterocycles. The van der Waals surface area contributed by atoms with Crippen LogP contribution in [0, 0.1) is 5.92 Å². The first kappa shape index (κ1) is 15.5. The fraction of sp³-hybridized carbons (Fsp3) is 0.727. The maximum absolute atomic E-state index is 12.4. The number of nitrogens with two attached hydrogens (primary N) is 1. The molecule has 10 heteroatoms. The summed E-state index contributed by atoms with van der Waals surface area (Å²) in [5, 5.41) is 9.58. The minimum Gasteiger partial charge on any atom is -0.406 e. The molecule has 1 aromatic rings. The molecule has 1 fully saturated rings. The van der Waals surface area contributed by atoms with E-state index in [9.17, 15) is 18.0 Å². The van der Waals surface area contributed by atoms with Gasteiger partial charge in [0.15, 0.2) is 0 Å². The molecular formula is C11H16F3N5O2. The molecule has 1 saturated heterocycles. The average molecular weight is 307 g/mol. The van der Waals surface area contributed by atoms with Gasteiger partial charge in [0, 0.05) is 6.54 Å². The molecule has 1 aliphatic rings. The van der Waals surface area contributed by atoms with Crippen molar-refractivity contribution in [1.82, 2.24) is 20.4 Å². The number of rotatable bonds is 4. The van der Waals surface area contributed by atoms with Crippen molar-refractivity contribution in [3.63, 3.8) is 0 Å². The number of carbonyl (C=O) groups is 1. The van der Waals surface area contributed by atoms with E-state index in [0.29, 0.717) is 19.4 Å². The van der Waals surface area contributed by atoms with Crippen molar-refractivity contribution in [3.05, 3.63) is 5.89 Å². The summed E-state index contributed by atoms with van der Waals surface area (Å²) < 4.78 is 42.0. The van der Waals surface area contributed by atoms with Gasteiger partial charge in [0.05, 0.1) is 19.0 Å². The number of nitrogens with zero attached hydrogens (tertiary/aromatic N) is 3. The van der Waals surface area contributed by atoms with Crippen LogP contribution in [0.15, 0.2) is 4.42 Å². The monoisotopic (exact) mass is 307 g/mol. The molecule has 0 aromatic carbocycles. The molecule has 0 spiro atoms. The lowest BCUT2D eigenvalue weighted by Gasteiger charge is -2.32. The topological polar surface area (TPSA) is 97.3 Å². The second-order valence-electron chi connectivity index (χ2n) is 4.94. The Bertz CT molecular complexity index is 490. The summed E-state index contributed by atoms with van der Waals surface area (Å²) in [6, 6.07) is -0.103. The number of likely N-dealkylation sites (tertiary alicyclic amines) is 1. The van der Waals surface area contributed by atoms with E-state index in [4.69, 9.17) is 10.2 Å². The third kappa shape index (κ3) is 4.88. The SMILES string of the molecule is Nc1nnc(CNC(=O)C2CCCN(CC(F)(F)F)C2)o1. The predicted molar refractivity (Wildman–Crippen MR) is 65.8 cm³/mol. The molecular weight excluding hydrogens is 291 g/mol. The van der Waals surface area contributed by atoms with E-state index in [1.165, 1.54) is 4.90 Å². The summed E-state index contributed by atoms with van der Waals surface area (Å²) in [6.07, 6.45) is -3.13. The van der Waals surface area contributed by atoms with Crippen LogP contribution < -0.4 is 11.1 Å². The van der Waals surface area contributed by atoms with Gasteiger partial charge < -0.3 is 15.5 Å². The molecule has 21 heavy (non-hydrogen) atoms. The van der Waals surface area contributed by atoms with Crippen molar-refractivity contribution in [2.24, 2.45) is 5.92 Å². The molecule has 0 bridgehead atoms. The Morgan fingerprint density at radius 3 is 2.86 bits per heavy atom. The Morgan fingerprint density at radius 2 is 2.24 bits per heavy atom. The molecule has 0 radical (unpaired) electrons. The zero-order valence-corrected chi connectivity index (χ0v) is 11.2. The van der Waals surface area contributed by atoms with Gasteiger partial charge in [-0.1, -0.05) is 5.10 Å². The Balaban J connectivity index is 1.81. The number of hydrogen-bond donors (Lipinski definition) is 2. The Kier molecular flexibility index (Phi) is 4.66. The predicted octanol–water partition coefficient (Wildman–Crippen LogP) is 0.542. The fourth-order valence-corrected chi connectivity index (χ4v) is 2.31. The lowest BCUT2D eigenvalue weighted by molar-refractivity contribution is -0.152. The zero-order chi connectivity index (χ0) is 15.5.